The molecule has 0 N–H and O–H groups in total. The van der Waals surface area contributed by atoms with E-state index in [4.69, 9.17) is 27.2 Å². The van der Waals surface area contributed by atoms with Gasteiger partial charge in [-0.25, -0.2) is 0 Å². The highest BCUT2D eigenvalue weighted by Crippen LogP contribution is 2.21. The lowest BCUT2D eigenvalue weighted by atomic mass is 10.9. The Hall–Kier alpha value is 0.411. The van der Waals surface area contributed by atoms with Crippen LogP contribution in [0.4, 0.5) is 0 Å². The number of ether oxygens (including phenoxy) is 2. The lowest BCUT2D eigenvalue weighted by molar-refractivity contribution is 0.112. The fourth-order valence-corrected chi connectivity index (χ4v) is 21.7. The standard InChI is InChI=1S/C10H26O6Si3/c1-9(11-3)18(13-5,14-6)17-19(15-7,16-8)10(2)12-4/h9-10H,1-8H3. The summed E-state index contributed by atoms with van der Waals surface area (Å²) in [4.78, 5) is 0. The minimum Gasteiger partial charge on any atom is -0.399 e. The van der Waals surface area contributed by atoms with Crippen molar-refractivity contribution in [1.29, 1.82) is 0 Å². The van der Waals surface area contributed by atoms with Gasteiger partial charge in [0.1, 0.15) is 0 Å². The Bertz CT molecular complexity index is 223. The third kappa shape index (κ3) is 4.19. The molecule has 9 heteroatoms. The van der Waals surface area contributed by atoms with Crippen molar-refractivity contribution in [1.82, 2.24) is 0 Å². The van der Waals surface area contributed by atoms with Crippen LogP contribution < -0.4 is 0 Å². The quantitative estimate of drug-likeness (QED) is 0.538. The molecule has 2 radical (unpaired) electrons. The number of hydrogen-bond donors (Lipinski definition) is 0. The summed E-state index contributed by atoms with van der Waals surface area (Å²) in [6, 6.07) is 0. The molecule has 0 saturated heterocycles. The fraction of sp³-hybridized carbons (Fsp3) is 1.00. The van der Waals surface area contributed by atoms with E-state index < -0.39 is 16.2 Å². The fourth-order valence-electron chi connectivity index (χ4n) is 1.79. The summed E-state index contributed by atoms with van der Waals surface area (Å²) in [7, 11) is 5.05. The molecular formula is C10H26O6Si3. The average molecular weight is 327 g/mol. The first-order valence-electron chi connectivity index (χ1n) is 5.97. The first-order chi connectivity index (χ1) is 8.91. The molecule has 2 unspecified atom stereocenters. The molecule has 0 aliphatic rings. The number of rotatable bonds is 10. The van der Waals surface area contributed by atoms with E-state index in [0.717, 1.165) is 0 Å². The van der Waals surface area contributed by atoms with Gasteiger partial charge in [-0.1, -0.05) is 0 Å². The van der Waals surface area contributed by atoms with E-state index in [2.05, 4.69) is 0 Å². The monoisotopic (exact) mass is 326 g/mol. The average Bonchev–Trinajstić information content (AvgIpc) is 2.48. The van der Waals surface area contributed by atoms with Gasteiger partial charge in [0.05, 0.1) is 11.5 Å². The third-order valence-corrected chi connectivity index (χ3v) is 22.3. The van der Waals surface area contributed by atoms with E-state index in [1.54, 1.807) is 42.7 Å². The Morgan fingerprint density at radius 1 is 0.632 bits per heavy atom. The van der Waals surface area contributed by atoms with Gasteiger partial charge >= 0.3 is 16.2 Å². The van der Waals surface area contributed by atoms with E-state index >= 15 is 0 Å². The van der Waals surface area contributed by atoms with Crippen LogP contribution in [-0.2, 0) is 27.2 Å². The molecule has 0 amide bonds. The minimum atomic E-state index is -2.57. The van der Waals surface area contributed by atoms with Gasteiger partial charge in [-0.3, -0.25) is 0 Å². The van der Waals surface area contributed by atoms with Crippen LogP contribution in [-0.4, -0.2) is 78.8 Å². The molecule has 0 aromatic rings. The molecule has 6 nitrogen and oxygen atoms in total. The van der Waals surface area contributed by atoms with Crippen molar-refractivity contribution < 1.29 is 27.2 Å². The zero-order valence-corrected chi connectivity index (χ0v) is 16.1. The maximum absolute atomic E-state index is 5.72. The van der Waals surface area contributed by atoms with E-state index in [1.807, 2.05) is 13.8 Å². The summed E-state index contributed by atoms with van der Waals surface area (Å²) in [6.45, 7) is 3.91. The lowest BCUT2D eigenvalue weighted by Gasteiger charge is -2.39. The summed E-state index contributed by atoms with van der Waals surface area (Å²) >= 11 is 0. The Morgan fingerprint density at radius 2 is 0.895 bits per heavy atom. The second kappa shape index (κ2) is 8.64. The maximum Gasteiger partial charge on any atom is 0.342 e. The second-order valence-corrected chi connectivity index (χ2v) is 17.4. The summed E-state index contributed by atoms with van der Waals surface area (Å²) in [5.41, 5.74) is -0.246. The Morgan fingerprint density at radius 3 is 1.05 bits per heavy atom. The topological polar surface area (TPSA) is 55.4 Å². The molecule has 0 saturated carbocycles. The zero-order valence-electron chi connectivity index (χ0n) is 13.1. The summed E-state index contributed by atoms with van der Waals surface area (Å²) < 4.78 is 33.7. The molecule has 114 valence electrons. The van der Waals surface area contributed by atoms with Gasteiger partial charge in [-0.05, 0) is 13.8 Å². The van der Waals surface area contributed by atoms with Gasteiger partial charge in [0, 0.05) is 42.7 Å². The highest BCUT2D eigenvalue weighted by atomic mass is 29.6. The molecule has 0 heterocycles. The van der Waals surface area contributed by atoms with Crippen LogP contribution in [0.15, 0.2) is 0 Å². The molecule has 0 fully saturated rings. The van der Waals surface area contributed by atoms with Crippen molar-refractivity contribution in [2.24, 2.45) is 0 Å². The molecule has 0 bridgehead atoms. The van der Waals surface area contributed by atoms with Crippen molar-refractivity contribution in [2.75, 3.05) is 42.7 Å². The molecule has 2 atom stereocenters. The van der Waals surface area contributed by atoms with Gasteiger partial charge in [0.25, 0.3) is 0 Å². The summed E-state index contributed by atoms with van der Waals surface area (Å²) in [5, 5.41) is 0. The lowest BCUT2D eigenvalue weighted by Crippen LogP contribution is -2.71. The highest BCUT2D eigenvalue weighted by molar-refractivity contribution is 7.47. The second-order valence-electron chi connectivity index (χ2n) is 4.03. The van der Waals surface area contributed by atoms with Gasteiger partial charge in [-0.2, -0.15) is 0 Å². The zero-order chi connectivity index (χ0) is 15.1. The van der Waals surface area contributed by atoms with Crippen LogP contribution in [0.25, 0.3) is 0 Å². The van der Waals surface area contributed by atoms with Crippen LogP contribution in [0.2, 0.25) is 0 Å². The van der Waals surface area contributed by atoms with E-state index in [1.165, 1.54) is 0 Å². The molecule has 0 rings (SSSR count). The van der Waals surface area contributed by atoms with Crippen molar-refractivity contribution in [3.8, 4) is 0 Å². The van der Waals surface area contributed by atoms with E-state index in [-0.39, 0.29) is 20.0 Å². The summed E-state index contributed by atoms with van der Waals surface area (Å²) in [5.74, 6) is 0. The maximum atomic E-state index is 5.72. The third-order valence-electron chi connectivity index (χ3n) is 3.34. The van der Waals surface area contributed by atoms with Crippen LogP contribution >= 0.6 is 0 Å². The molecule has 0 spiro atoms. The number of hydrogen-bond acceptors (Lipinski definition) is 6. The SMILES string of the molecule is COC(C)[Si](OC)(OC)[Si][Si](OC)(OC)C(C)OC. The first-order valence-corrected chi connectivity index (χ1v) is 12.8. The van der Waals surface area contributed by atoms with Crippen molar-refractivity contribution in [3.05, 3.63) is 0 Å². The smallest absolute Gasteiger partial charge is 0.342 e. The Kier molecular flexibility index (Phi) is 8.83. The van der Waals surface area contributed by atoms with Gasteiger partial charge in [0.15, 0.2) is 8.55 Å². The van der Waals surface area contributed by atoms with Crippen LogP contribution in [0.5, 0.6) is 0 Å². The predicted octanol–water partition coefficient (Wildman–Crippen LogP) is 0.302. The normalized spacial score (nSPS) is 16.4. The number of methoxy groups -OCH3 is 2. The van der Waals surface area contributed by atoms with Crippen LogP contribution in [0.3, 0.4) is 0 Å². The van der Waals surface area contributed by atoms with Crippen LogP contribution in [0.1, 0.15) is 13.8 Å². The molecular weight excluding hydrogens is 300 g/mol. The van der Waals surface area contributed by atoms with Crippen molar-refractivity contribution in [2.45, 2.75) is 25.3 Å². The van der Waals surface area contributed by atoms with Gasteiger partial charge < -0.3 is 27.2 Å². The largest absolute Gasteiger partial charge is 0.399 e. The predicted molar refractivity (Wildman–Crippen MR) is 78.2 cm³/mol. The molecule has 0 aliphatic carbocycles. The van der Waals surface area contributed by atoms with Gasteiger partial charge in [-0.15, -0.1) is 0 Å². The first kappa shape index (κ1) is 19.4. The van der Waals surface area contributed by atoms with Gasteiger partial charge in [0.2, 0.25) is 0 Å². The molecule has 0 aromatic carbocycles. The van der Waals surface area contributed by atoms with Crippen molar-refractivity contribution in [3.63, 3.8) is 0 Å². The summed E-state index contributed by atoms with van der Waals surface area (Å²) in [6.07, 6.45) is 0. The Labute approximate surface area is 120 Å². The van der Waals surface area contributed by atoms with Crippen molar-refractivity contribution >= 4 is 24.7 Å². The molecule has 0 aromatic heterocycles. The highest BCUT2D eigenvalue weighted by Gasteiger charge is 2.57. The van der Waals surface area contributed by atoms with Crippen LogP contribution in [0, 0.1) is 0 Å². The minimum absolute atomic E-state index is 0.123. The van der Waals surface area contributed by atoms with E-state index in [9.17, 15) is 0 Å². The molecule has 19 heavy (non-hydrogen) atoms. The Balaban J connectivity index is 5.37. The van der Waals surface area contributed by atoms with E-state index in [0.29, 0.717) is 0 Å². The molecule has 0 aliphatic heterocycles.